The monoisotopic (exact) mass is 296 g/mol. The van der Waals surface area contributed by atoms with Crippen LogP contribution >= 0.6 is 0 Å². The van der Waals surface area contributed by atoms with E-state index in [0.717, 1.165) is 29.7 Å². The van der Waals surface area contributed by atoms with Gasteiger partial charge in [0.05, 0.1) is 11.3 Å². The van der Waals surface area contributed by atoms with E-state index in [4.69, 9.17) is 10.3 Å². The zero-order chi connectivity index (χ0) is 15.4. The van der Waals surface area contributed by atoms with Gasteiger partial charge in [-0.15, -0.1) is 0 Å². The van der Waals surface area contributed by atoms with Crippen LogP contribution in [0.1, 0.15) is 26.0 Å². The van der Waals surface area contributed by atoms with E-state index in [1.807, 2.05) is 0 Å². The van der Waals surface area contributed by atoms with Crippen LogP contribution < -0.4 is 10.5 Å². The van der Waals surface area contributed by atoms with Crippen LogP contribution in [0.3, 0.4) is 0 Å². The number of aryl methyl sites for hydroxylation is 1. The summed E-state index contributed by atoms with van der Waals surface area (Å²) in [5, 5.41) is 3.98. The highest BCUT2D eigenvalue weighted by Gasteiger charge is 2.16. The maximum Gasteiger partial charge on any atom is 0.387 e. The predicted octanol–water partition coefficient (Wildman–Crippen LogP) is 4.11. The Kier molecular flexibility index (Phi) is 4.77. The minimum absolute atomic E-state index is 0.104. The van der Waals surface area contributed by atoms with Gasteiger partial charge in [-0.05, 0) is 36.5 Å². The van der Waals surface area contributed by atoms with Crippen molar-refractivity contribution in [3.63, 3.8) is 0 Å². The number of alkyl halides is 2. The molecule has 6 heteroatoms. The van der Waals surface area contributed by atoms with Crippen LogP contribution in [-0.2, 0) is 6.42 Å². The molecule has 21 heavy (non-hydrogen) atoms. The molecule has 0 fully saturated rings. The van der Waals surface area contributed by atoms with Crippen LogP contribution in [0, 0.1) is 5.92 Å². The zero-order valence-electron chi connectivity index (χ0n) is 12.0. The van der Waals surface area contributed by atoms with E-state index >= 15 is 0 Å². The Balaban J connectivity index is 2.22. The van der Waals surface area contributed by atoms with E-state index in [0.29, 0.717) is 5.92 Å². The summed E-state index contributed by atoms with van der Waals surface area (Å²) in [6.07, 6.45) is 1.72. The third-order valence-electron chi connectivity index (χ3n) is 3.12. The van der Waals surface area contributed by atoms with Crippen molar-refractivity contribution >= 4 is 5.88 Å². The molecule has 4 nitrogen and oxygen atoms in total. The lowest BCUT2D eigenvalue weighted by atomic mass is 10.00. The number of hydrogen-bond acceptors (Lipinski definition) is 4. The van der Waals surface area contributed by atoms with E-state index in [1.165, 1.54) is 12.1 Å². The Labute approximate surface area is 121 Å². The van der Waals surface area contributed by atoms with Crippen LogP contribution in [0.25, 0.3) is 11.1 Å². The van der Waals surface area contributed by atoms with Crippen LogP contribution in [0.5, 0.6) is 5.75 Å². The highest BCUT2D eigenvalue weighted by molar-refractivity contribution is 5.75. The molecule has 2 rings (SSSR count). The topological polar surface area (TPSA) is 61.3 Å². The average Bonchev–Trinajstić information content (AvgIpc) is 2.78. The smallest absolute Gasteiger partial charge is 0.387 e. The highest BCUT2D eigenvalue weighted by atomic mass is 19.3. The fourth-order valence-corrected chi connectivity index (χ4v) is 2.05. The van der Waals surface area contributed by atoms with Crippen molar-refractivity contribution in [3.05, 3.63) is 30.0 Å². The summed E-state index contributed by atoms with van der Waals surface area (Å²) in [6, 6.07) is 6.28. The molecule has 0 amide bonds. The SMILES string of the molecule is CC(C)CCc1noc(N)c1-c1ccc(OC(F)F)cc1. The molecule has 2 aromatic rings. The second-order valence-corrected chi connectivity index (χ2v) is 5.20. The molecule has 1 heterocycles. The minimum Gasteiger partial charge on any atom is -0.435 e. The van der Waals surface area contributed by atoms with Crippen LogP contribution in [0.2, 0.25) is 0 Å². The Hall–Kier alpha value is -2.11. The van der Waals surface area contributed by atoms with Crippen molar-refractivity contribution in [1.29, 1.82) is 0 Å². The first-order chi connectivity index (χ1) is 9.97. The second-order valence-electron chi connectivity index (χ2n) is 5.20. The second kappa shape index (κ2) is 6.56. The number of nitrogens with zero attached hydrogens (tertiary/aromatic N) is 1. The molecule has 0 aliphatic carbocycles. The summed E-state index contributed by atoms with van der Waals surface area (Å²) >= 11 is 0. The summed E-state index contributed by atoms with van der Waals surface area (Å²) < 4.78 is 33.6. The molecule has 0 aliphatic rings. The predicted molar refractivity (Wildman–Crippen MR) is 76.1 cm³/mol. The van der Waals surface area contributed by atoms with Crippen molar-refractivity contribution in [3.8, 4) is 16.9 Å². The molecule has 0 aliphatic heterocycles. The standard InChI is InChI=1S/C15H18F2N2O2/c1-9(2)3-8-12-13(14(18)21-19-12)10-4-6-11(7-5-10)20-15(16)17/h4-7,9,15H,3,8,18H2,1-2H3. The molecule has 1 aromatic heterocycles. The Morgan fingerprint density at radius 2 is 1.90 bits per heavy atom. The van der Waals surface area contributed by atoms with Gasteiger partial charge < -0.3 is 15.0 Å². The fraction of sp³-hybridized carbons (Fsp3) is 0.400. The van der Waals surface area contributed by atoms with Gasteiger partial charge in [0, 0.05) is 0 Å². The van der Waals surface area contributed by atoms with Gasteiger partial charge in [0.15, 0.2) is 0 Å². The number of halogens is 2. The summed E-state index contributed by atoms with van der Waals surface area (Å²) in [5.74, 6) is 0.876. The summed E-state index contributed by atoms with van der Waals surface area (Å²) in [7, 11) is 0. The van der Waals surface area contributed by atoms with Gasteiger partial charge in [-0.1, -0.05) is 31.1 Å². The molecule has 0 unspecified atom stereocenters. The van der Waals surface area contributed by atoms with Gasteiger partial charge in [-0.2, -0.15) is 8.78 Å². The van der Waals surface area contributed by atoms with Crippen LogP contribution in [0.4, 0.5) is 14.7 Å². The van der Waals surface area contributed by atoms with Crippen molar-refractivity contribution in [2.24, 2.45) is 5.92 Å². The zero-order valence-corrected chi connectivity index (χ0v) is 12.0. The molecule has 0 bridgehead atoms. The van der Waals surface area contributed by atoms with Crippen molar-refractivity contribution in [2.75, 3.05) is 5.73 Å². The number of anilines is 1. The van der Waals surface area contributed by atoms with Gasteiger partial charge in [-0.25, -0.2) is 0 Å². The number of benzene rings is 1. The first-order valence-electron chi connectivity index (χ1n) is 6.76. The highest BCUT2D eigenvalue weighted by Crippen LogP contribution is 2.32. The average molecular weight is 296 g/mol. The third-order valence-corrected chi connectivity index (χ3v) is 3.12. The first kappa shape index (κ1) is 15.3. The van der Waals surface area contributed by atoms with Gasteiger partial charge in [0.25, 0.3) is 0 Å². The number of nitrogens with two attached hydrogens (primary N) is 1. The van der Waals surface area contributed by atoms with E-state index < -0.39 is 6.61 Å². The molecular weight excluding hydrogens is 278 g/mol. The molecule has 0 saturated carbocycles. The summed E-state index contributed by atoms with van der Waals surface area (Å²) in [4.78, 5) is 0. The fourth-order valence-electron chi connectivity index (χ4n) is 2.05. The molecule has 0 spiro atoms. The normalized spacial score (nSPS) is 11.3. The number of ether oxygens (including phenoxy) is 1. The molecule has 114 valence electrons. The Bertz CT molecular complexity index is 580. The summed E-state index contributed by atoms with van der Waals surface area (Å²) in [5.41, 5.74) is 8.09. The van der Waals surface area contributed by atoms with Crippen molar-refractivity contribution < 1.29 is 18.0 Å². The lowest BCUT2D eigenvalue weighted by Crippen LogP contribution is -2.01. The third kappa shape index (κ3) is 3.93. The number of aromatic nitrogens is 1. The maximum absolute atomic E-state index is 12.1. The molecule has 0 radical (unpaired) electrons. The first-order valence-corrected chi connectivity index (χ1v) is 6.76. The van der Waals surface area contributed by atoms with Gasteiger partial charge in [0.2, 0.25) is 5.88 Å². The maximum atomic E-state index is 12.1. The molecular formula is C15H18F2N2O2. The number of rotatable bonds is 6. The van der Waals surface area contributed by atoms with E-state index in [-0.39, 0.29) is 11.6 Å². The van der Waals surface area contributed by atoms with Gasteiger partial charge in [0.1, 0.15) is 5.75 Å². The Morgan fingerprint density at radius 1 is 1.24 bits per heavy atom. The van der Waals surface area contributed by atoms with Crippen molar-refractivity contribution in [1.82, 2.24) is 5.16 Å². The number of hydrogen-bond donors (Lipinski definition) is 1. The van der Waals surface area contributed by atoms with Crippen LogP contribution in [-0.4, -0.2) is 11.8 Å². The molecule has 2 N–H and O–H groups in total. The van der Waals surface area contributed by atoms with E-state index in [1.54, 1.807) is 12.1 Å². The van der Waals surface area contributed by atoms with E-state index in [9.17, 15) is 8.78 Å². The largest absolute Gasteiger partial charge is 0.435 e. The molecule has 0 atom stereocenters. The van der Waals surface area contributed by atoms with E-state index in [2.05, 4.69) is 23.7 Å². The lowest BCUT2D eigenvalue weighted by Gasteiger charge is -2.07. The minimum atomic E-state index is -2.84. The molecule has 0 saturated heterocycles. The lowest BCUT2D eigenvalue weighted by molar-refractivity contribution is -0.0498. The summed E-state index contributed by atoms with van der Waals surface area (Å²) in [6.45, 7) is 1.41. The van der Waals surface area contributed by atoms with Gasteiger partial charge >= 0.3 is 6.61 Å². The number of nitrogen functional groups attached to an aromatic ring is 1. The van der Waals surface area contributed by atoms with Gasteiger partial charge in [-0.3, -0.25) is 0 Å². The quantitative estimate of drug-likeness (QED) is 0.871. The van der Waals surface area contributed by atoms with Crippen LogP contribution in [0.15, 0.2) is 28.8 Å². The Morgan fingerprint density at radius 3 is 2.48 bits per heavy atom. The van der Waals surface area contributed by atoms with Crippen molar-refractivity contribution in [2.45, 2.75) is 33.3 Å². The molecule has 1 aromatic carbocycles.